The minimum absolute atomic E-state index is 0.121. The van der Waals surface area contributed by atoms with Crippen LogP contribution in [0, 0.1) is 0 Å². The number of esters is 2. The molecule has 2 saturated heterocycles. The predicted molar refractivity (Wildman–Crippen MR) is 194 cm³/mol. The van der Waals surface area contributed by atoms with E-state index in [0.29, 0.717) is 24.5 Å². The summed E-state index contributed by atoms with van der Waals surface area (Å²) in [6.45, 7) is 2.32. The Hall–Kier alpha value is -5.54. The molecule has 2 heterocycles. The van der Waals surface area contributed by atoms with Gasteiger partial charge in [-0.1, -0.05) is 121 Å². The molecule has 2 aliphatic rings. The van der Waals surface area contributed by atoms with Crippen molar-refractivity contribution in [2.75, 3.05) is 6.61 Å². The molecule has 9 heteroatoms. The summed E-state index contributed by atoms with van der Waals surface area (Å²) in [4.78, 5) is 42.1. The number of hydrogen-bond acceptors (Lipinski definition) is 8. The lowest BCUT2D eigenvalue weighted by Crippen LogP contribution is -2.58. The minimum atomic E-state index is -0.952. The van der Waals surface area contributed by atoms with Crippen LogP contribution in [0.5, 0.6) is 11.5 Å². The van der Waals surface area contributed by atoms with E-state index < -0.39 is 28.8 Å². The number of hydrogen-bond donors (Lipinski definition) is 0. The van der Waals surface area contributed by atoms with Crippen LogP contribution in [0.25, 0.3) is 0 Å². The van der Waals surface area contributed by atoms with Gasteiger partial charge in [-0.25, -0.2) is 9.59 Å². The van der Waals surface area contributed by atoms with E-state index in [1.165, 1.54) is 11.8 Å². The van der Waals surface area contributed by atoms with Gasteiger partial charge in [-0.15, -0.1) is 11.8 Å². The molecule has 3 atom stereocenters. The Labute approximate surface area is 301 Å². The Kier molecular flexibility index (Phi) is 10.1. The van der Waals surface area contributed by atoms with Crippen molar-refractivity contribution in [3.63, 3.8) is 0 Å². The third-order valence-electron chi connectivity index (χ3n) is 9.01. The van der Waals surface area contributed by atoms with Crippen LogP contribution in [0.2, 0.25) is 0 Å². The first-order valence-electron chi connectivity index (χ1n) is 16.8. The van der Waals surface area contributed by atoms with Gasteiger partial charge in [0.15, 0.2) is 17.6 Å². The summed E-state index contributed by atoms with van der Waals surface area (Å²) >= 11 is 1.46. The lowest BCUT2D eigenvalue weighted by molar-refractivity contribution is -0.164. The van der Waals surface area contributed by atoms with Crippen molar-refractivity contribution >= 4 is 29.6 Å². The Balaban J connectivity index is 1.09. The summed E-state index contributed by atoms with van der Waals surface area (Å²) in [5.74, 6) is -0.385. The number of thioether (sulfide) groups is 1. The van der Waals surface area contributed by atoms with Gasteiger partial charge in [0.05, 0.1) is 22.1 Å². The average Bonchev–Trinajstić information content (AvgIpc) is 3.42. The third-order valence-corrected chi connectivity index (χ3v) is 10.6. The second-order valence-corrected chi connectivity index (χ2v) is 14.4. The van der Waals surface area contributed by atoms with Crippen LogP contribution in [0.3, 0.4) is 0 Å². The molecule has 7 rings (SSSR count). The molecule has 0 radical (unpaired) electrons. The minimum Gasteiger partial charge on any atom is -0.485 e. The Morgan fingerprint density at radius 2 is 1.27 bits per heavy atom. The molecule has 2 fully saturated rings. The average molecular weight is 700 g/mol. The third kappa shape index (κ3) is 7.64. The van der Waals surface area contributed by atoms with Gasteiger partial charge in [0.25, 0.3) is 0 Å². The molecule has 0 saturated carbocycles. The molecule has 2 aliphatic heterocycles. The van der Waals surface area contributed by atoms with E-state index >= 15 is 0 Å². The predicted octanol–water partition coefficient (Wildman–Crippen LogP) is 7.77. The molecule has 0 spiro atoms. The van der Waals surface area contributed by atoms with Gasteiger partial charge in [0.2, 0.25) is 5.91 Å². The molecule has 0 N–H and O–H groups in total. The van der Waals surface area contributed by atoms with Gasteiger partial charge in [0.1, 0.15) is 25.9 Å². The quantitative estimate of drug-likeness (QED) is 0.0910. The number of fused-ring (bicyclic) bond motifs is 1. The number of ether oxygens (including phenoxy) is 4. The Morgan fingerprint density at radius 3 is 1.82 bits per heavy atom. The first-order valence-corrected chi connectivity index (χ1v) is 17.7. The van der Waals surface area contributed by atoms with E-state index in [-0.39, 0.29) is 30.1 Å². The van der Waals surface area contributed by atoms with Crippen molar-refractivity contribution < 1.29 is 33.3 Å². The molecule has 0 bridgehead atoms. The maximum atomic E-state index is 14.1. The van der Waals surface area contributed by atoms with Gasteiger partial charge in [-0.2, -0.15) is 0 Å². The maximum absolute atomic E-state index is 14.1. The molecule has 0 aliphatic carbocycles. The van der Waals surface area contributed by atoms with Gasteiger partial charge >= 0.3 is 11.9 Å². The van der Waals surface area contributed by atoms with E-state index in [9.17, 15) is 14.4 Å². The van der Waals surface area contributed by atoms with E-state index in [4.69, 9.17) is 18.9 Å². The highest BCUT2D eigenvalue weighted by Crippen LogP contribution is 2.52. The van der Waals surface area contributed by atoms with Crippen molar-refractivity contribution in [2.24, 2.45) is 0 Å². The number of nitrogens with zero attached hydrogens (tertiary/aromatic N) is 1. The van der Waals surface area contributed by atoms with Crippen molar-refractivity contribution in [1.29, 1.82) is 0 Å². The zero-order valence-corrected chi connectivity index (χ0v) is 28.9. The van der Waals surface area contributed by atoms with Crippen LogP contribution in [-0.2, 0) is 32.3 Å². The van der Waals surface area contributed by atoms with E-state index in [0.717, 1.165) is 22.3 Å². The first kappa shape index (κ1) is 33.9. The zero-order valence-electron chi connectivity index (χ0n) is 28.1. The first-order chi connectivity index (χ1) is 24.9. The number of β-lactam (4-membered cyclic amide) rings is 1. The highest BCUT2D eigenvalue weighted by atomic mass is 32.2. The van der Waals surface area contributed by atoms with Crippen molar-refractivity contribution in [3.05, 3.63) is 167 Å². The summed E-state index contributed by atoms with van der Waals surface area (Å²) in [6.07, 6.45) is -0.366. The number of carbonyl (C=O) groups excluding carboxylic acids is 3. The number of amides is 1. The molecule has 5 aromatic carbocycles. The smallest absolute Gasteiger partial charge is 0.338 e. The standard InChI is InChI=1S/C42H37NO7S/c1-42(39(43-36(44)25-37(43)51-42)41(46)50-38(31-18-10-4-11-19-31)32-20-12-5-13-21-32)28-49-40(45)33-22-23-34(47-26-29-14-6-2-7-15-29)35(24-33)48-27-30-16-8-3-9-17-30/h2-24,37-39H,25-28H2,1H3. The SMILES string of the molecule is CC1(COC(=O)c2ccc(OCc3ccccc3)c(OCc3ccccc3)c2)SC2CC(=O)N2C1C(=O)OC(c1ccccc1)c1ccccc1. The summed E-state index contributed by atoms with van der Waals surface area (Å²) < 4.78 is 23.5. The molecule has 3 unspecified atom stereocenters. The topological polar surface area (TPSA) is 91.4 Å². The van der Waals surface area contributed by atoms with Gasteiger partial charge in [-0.3, -0.25) is 4.79 Å². The van der Waals surface area contributed by atoms with Gasteiger partial charge in [0, 0.05) is 0 Å². The number of carbonyl (C=O) groups is 3. The lowest BCUT2D eigenvalue weighted by atomic mass is 9.96. The largest absolute Gasteiger partial charge is 0.485 e. The lowest BCUT2D eigenvalue weighted by Gasteiger charge is -2.38. The molecule has 1 amide bonds. The van der Waals surface area contributed by atoms with E-state index in [1.807, 2.05) is 128 Å². The maximum Gasteiger partial charge on any atom is 0.338 e. The fraction of sp³-hybridized carbons (Fsp3) is 0.214. The van der Waals surface area contributed by atoms with Gasteiger partial charge in [-0.05, 0) is 47.4 Å². The number of benzene rings is 5. The van der Waals surface area contributed by atoms with Crippen molar-refractivity contribution in [2.45, 2.75) is 48.8 Å². The highest BCUT2D eigenvalue weighted by molar-refractivity contribution is 8.01. The normalized spacial score (nSPS) is 19.2. The summed E-state index contributed by atoms with van der Waals surface area (Å²) in [7, 11) is 0. The van der Waals surface area contributed by atoms with Crippen LogP contribution in [0.1, 0.15) is 52.1 Å². The Bertz CT molecular complexity index is 1940. The molecular weight excluding hydrogens is 663 g/mol. The van der Waals surface area contributed by atoms with Crippen molar-refractivity contribution in [3.8, 4) is 11.5 Å². The molecular formula is C42H37NO7S. The monoisotopic (exact) mass is 699 g/mol. The van der Waals surface area contributed by atoms with Gasteiger partial charge < -0.3 is 23.8 Å². The van der Waals surface area contributed by atoms with Crippen molar-refractivity contribution in [1.82, 2.24) is 4.90 Å². The molecule has 5 aromatic rings. The number of rotatable bonds is 13. The van der Waals surface area contributed by atoms with E-state index in [2.05, 4.69) is 0 Å². The van der Waals surface area contributed by atoms with Crippen LogP contribution in [-0.4, -0.2) is 45.5 Å². The van der Waals surface area contributed by atoms with E-state index in [1.54, 1.807) is 23.1 Å². The Morgan fingerprint density at radius 1 is 0.745 bits per heavy atom. The summed E-state index contributed by atoms with van der Waals surface area (Å²) in [5.41, 5.74) is 3.84. The van der Waals surface area contributed by atoms with Crippen LogP contribution in [0.15, 0.2) is 140 Å². The second-order valence-electron chi connectivity index (χ2n) is 12.7. The fourth-order valence-corrected chi connectivity index (χ4v) is 8.02. The summed E-state index contributed by atoms with van der Waals surface area (Å²) in [5, 5.41) is -0.204. The van der Waals surface area contributed by atoms with Crippen LogP contribution < -0.4 is 9.47 Å². The molecule has 8 nitrogen and oxygen atoms in total. The van der Waals surface area contributed by atoms with Crippen LogP contribution in [0.4, 0.5) is 0 Å². The second kappa shape index (κ2) is 15.1. The highest BCUT2D eigenvalue weighted by Gasteiger charge is 2.62. The zero-order chi connectivity index (χ0) is 35.2. The van der Waals surface area contributed by atoms with Crippen LogP contribution >= 0.6 is 11.8 Å². The molecule has 51 heavy (non-hydrogen) atoms. The molecule has 258 valence electrons. The fourth-order valence-electron chi connectivity index (χ4n) is 6.35. The summed E-state index contributed by atoms with van der Waals surface area (Å²) in [6, 6.07) is 42.5. The molecule has 0 aromatic heterocycles.